The molecule has 0 bridgehead atoms. The van der Waals surface area contributed by atoms with E-state index in [1.807, 2.05) is 0 Å². The first-order chi connectivity index (χ1) is 16.3. The van der Waals surface area contributed by atoms with E-state index in [4.69, 9.17) is 0 Å². The molecule has 2 aliphatic rings. The van der Waals surface area contributed by atoms with Crippen LogP contribution in [0.15, 0.2) is 15.7 Å². The van der Waals surface area contributed by atoms with E-state index in [1.54, 1.807) is 24.8 Å². The van der Waals surface area contributed by atoms with Crippen LogP contribution in [0.1, 0.15) is 86.8 Å². The zero-order chi connectivity index (χ0) is 24.4. The minimum Gasteiger partial charge on any atom is -0.352 e. The van der Waals surface area contributed by atoms with Crippen LogP contribution in [0.2, 0.25) is 0 Å². The summed E-state index contributed by atoms with van der Waals surface area (Å²) < 4.78 is 2.30. The minimum absolute atomic E-state index is 0.0656. The third-order valence-corrected chi connectivity index (χ3v) is 7.20. The van der Waals surface area contributed by atoms with Gasteiger partial charge in [0.05, 0.1) is 10.9 Å². The fourth-order valence-corrected chi connectivity index (χ4v) is 5.31. The molecule has 1 saturated heterocycles. The zero-order valence-corrected chi connectivity index (χ0v) is 20.4. The Hall–Kier alpha value is -2.97. The molecule has 1 saturated carbocycles. The number of likely N-dealkylation sites (tertiary alicyclic amines) is 1. The molecule has 9 nitrogen and oxygen atoms in total. The lowest BCUT2D eigenvalue weighted by molar-refractivity contribution is -0.125. The summed E-state index contributed by atoms with van der Waals surface area (Å²) in [7, 11) is 1.54. The largest absolute Gasteiger partial charge is 0.352 e. The second kappa shape index (κ2) is 10.1. The lowest BCUT2D eigenvalue weighted by Gasteiger charge is -2.28. The van der Waals surface area contributed by atoms with Crippen LogP contribution < -0.4 is 16.6 Å². The van der Waals surface area contributed by atoms with Gasteiger partial charge in [0, 0.05) is 31.9 Å². The Morgan fingerprint density at radius 3 is 2.38 bits per heavy atom. The quantitative estimate of drug-likeness (QED) is 0.724. The number of aromatic nitrogens is 3. The van der Waals surface area contributed by atoms with E-state index < -0.39 is 17.3 Å². The fourth-order valence-electron chi connectivity index (χ4n) is 5.31. The Morgan fingerprint density at radius 2 is 1.74 bits per heavy atom. The molecule has 2 aromatic rings. The first kappa shape index (κ1) is 24.2. The van der Waals surface area contributed by atoms with E-state index in [-0.39, 0.29) is 40.9 Å². The summed E-state index contributed by atoms with van der Waals surface area (Å²) in [6.45, 7) is 4.81. The SMILES string of the molecule is CCC(C(=O)NC1CCCCC1)n1c(=O)c2c(C(=O)N3CCCCC3)cc(C)nc2n(C)c1=O. The Balaban J connectivity index is 1.83. The molecule has 1 N–H and O–H groups in total. The molecule has 2 fully saturated rings. The van der Waals surface area contributed by atoms with Gasteiger partial charge >= 0.3 is 5.69 Å². The predicted octanol–water partition coefficient (Wildman–Crippen LogP) is 2.43. The number of hydrogen-bond donors (Lipinski definition) is 1. The molecular weight excluding hydrogens is 434 g/mol. The van der Waals surface area contributed by atoms with Gasteiger partial charge in [0.2, 0.25) is 5.91 Å². The van der Waals surface area contributed by atoms with Gasteiger partial charge in [0.1, 0.15) is 11.7 Å². The molecule has 4 rings (SSSR count). The molecule has 1 aliphatic heterocycles. The second-order valence-corrected chi connectivity index (χ2v) is 9.65. The molecule has 0 radical (unpaired) electrons. The average Bonchev–Trinajstić information content (AvgIpc) is 2.85. The number of nitrogens with zero attached hydrogens (tertiary/aromatic N) is 4. The zero-order valence-electron chi connectivity index (χ0n) is 20.4. The van der Waals surface area contributed by atoms with Crippen LogP contribution in [0.5, 0.6) is 0 Å². The third kappa shape index (κ3) is 4.52. The van der Waals surface area contributed by atoms with Gasteiger partial charge in [-0.3, -0.25) is 19.0 Å². The maximum Gasteiger partial charge on any atom is 0.333 e. The molecule has 1 aliphatic carbocycles. The van der Waals surface area contributed by atoms with E-state index in [0.29, 0.717) is 18.8 Å². The van der Waals surface area contributed by atoms with Crippen molar-refractivity contribution in [1.29, 1.82) is 0 Å². The summed E-state index contributed by atoms with van der Waals surface area (Å²) in [4.78, 5) is 59.9. The maximum atomic E-state index is 13.8. The molecule has 2 aromatic heterocycles. The van der Waals surface area contributed by atoms with Crippen molar-refractivity contribution in [2.45, 2.75) is 83.7 Å². The molecule has 0 aromatic carbocycles. The molecule has 184 valence electrons. The van der Waals surface area contributed by atoms with Gasteiger partial charge in [-0.05, 0) is 51.5 Å². The van der Waals surface area contributed by atoms with Crippen LogP contribution in [0.3, 0.4) is 0 Å². The number of fused-ring (bicyclic) bond motifs is 1. The molecule has 1 atom stereocenters. The van der Waals surface area contributed by atoms with E-state index in [0.717, 1.165) is 55.9 Å². The van der Waals surface area contributed by atoms with E-state index in [9.17, 15) is 19.2 Å². The minimum atomic E-state index is -0.947. The van der Waals surface area contributed by atoms with E-state index in [1.165, 1.54) is 11.6 Å². The maximum absolute atomic E-state index is 13.8. The topological polar surface area (TPSA) is 106 Å². The normalized spacial score (nSPS) is 18.1. The average molecular weight is 470 g/mol. The van der Waals surface area contributed by atoms with Gasteiger partial charge in [0.25, 0.3) is 11.5 Å². The molecule has 1 unspecified atom stereocenters. The number of pyridine rings is 1. The highest BCUT2D eigenvalue weighted by Gasteiger charge is 2.30. The number of amides is 2. The Kier molecular flexibility index (Phi) is 7.19. The highest BCUT2D eigenvalue weighted by atomic mass is 16.2. The molecule has 3 heterocycles. The van der Waals surface area contributed by atoms with Crippen molar-refractivity contribution in [2.75, 3.05) is 13.1 Å². The standard InChI is InChI=1S/C25H35N5O4/c1-4-19(22(31)27-17-11-7-5-8-12-17)30-24(33)20-18(23(32)29-13-9-6-10-14-29)15-16(2)26-21(20)28(3)25(30)34/h15,17,19H,4-14H2,1-3H3,(H,27,31). The highest BCUT2D eigenvalue weighted by Crippen LogP contribution is 2.21. The fraction of sp³-hybridized carbons (Fsp3) is 0.640. The second-order valence-electron chi connectivity index (χ2n) is 9.65. The first-order valence-corrected chi connectivity index (χ1v) is 12.6. The monoisotopic (exact) mass is 469 g/mol. The predicted molar refractivity (Wildman–Crippen MR) is 130 cm³/mol. The summed E-state index contributed by atoms with van der Waals surface area (Å²) in [5.41, 5.74) is -0.244. The smallest absolute Gasteiger partial charge is 0.333 e. The van der Waals surface area contributed by atoms with Gasteiger partial charge in [-0.1, -0.05) is 26.2 Å². The first-order valence-electron chi connectivity index (χ1n) is 12.6. The van der Waals surface area contributed by atoms with Crippen molar-refractivity contribution in [3.05, 3.63) is 38.2 Å². The molecule has 9 heteroatoms. The Morgan fingerprint density at radius 1 is 1.09 bits per heavy atom. The number of rotatable bonds is 5. The number of carbonyl (C=O) groups excluding carboxylic acids is 2. The van der Waals surface area contributed by atoms with Crippen LogP contribution in [0.4, 0.5) is 0 Å². The molecular formula is C25H35N5O4. The number of hydrogen-bond acceptors (Lipinski definition) is 5. The van der Waals surface area contributed by atoms with Gasteiger partial charge in [-0.15, -0.1) is 0 Å². The van der Waals surface area contributed by atoms with E-state index >= 15 is 0 Å². The number of nitrogens with one attached hydrogen (secondary N) is 1. The molecule has 34 heavy (non-hydrogen) atoms. The van der Waals surface area contributed by atoms with Gasteiger partial charge in [-0.25, -0.2) is 14.3 Å². The van der Waals surface area contributed by atoms with Crippen LogP contribution in [-0.4, -0.2) is 50.0 Å². The molecule has 2 amide bonds. The Bertz CT molecular complexity index is 1200. The van der Waals surface area contributed by atoms with Crippen molar-refractivity contribution >= 4 is 22.8 Å². The van der Waals surface area contributed by atoms with Crippen LogP contribution in [0, 0.1) is 6.92 Å². The summed E-state index contributed by atoms with van der Waals surface area (Å²) in [6.07, 6.45) is 8.32. The van der Waals surface area contributed by atoms with Crippen LogP contribution in [-0.2, 0) is 11.8 Å². The van der Waals surface area contributed by atoms with Crippen molar-refractivity contribution in [3.63, 3.8) is 0 Å². The highest BCUT2D eigenvalue weighted by molar-refractivity contribution is 6.05. The van der Waals surface area contributed by atoms with Crippen LogP contribution >= 0.6 is 0 Å². The lowest BCUT2D eigenvalue weighted by Crippen LogP contribution is -2.49. The third-order valence-electron chi connectivity index (χ3n) is 7.20. The van der Waals surface area contributed by atoms with Crippen LogP contribution in [0.25, 0.3) is 11.0 Å². The number of piperidine rings is 1. The lowest BCUT2D eigenvalue weighted by atomic mass is 9.95. The summed E-state index contributed by atoms with van der Waals surface area (Å²) >= 11 is 0. The summed E-state index contributed by atoms with van der Waals surface area (Å²) in [6, 6.07) is 0.742. The van der Waals surface area contributed by atoms with Gasteiger partial charge in [-0.2, -0.15) is 0 Å². The summed E-state index contributed by atoms with van der Waals surface area (Å²) in [5.74, 6) is -0.547. The molecule has 0 spiro atoms. The van der Waals surface area contributed by atoms with Gasteiger partial charge < -0.3 is 10.2 Å². The van der Waals surface area contributed by atoms with Crippen molar-refractivity contribution in [1.82, 2.24) is 24.3 Å². The van der Waals surface area contributed by atoms with Crippen molar-refractivity contribution in [2.24, 2.45) is 7.05 Å². The van der Waals surface area contributed by atoms with Gasteiger partial charge in [0.15, 0.2) is 0 Å². The van der Waals surface area contributed by atoms with Crippen molar-refractivity contribution in [3.8, 4) is 0 Å². The number of carbonyl (C=O) groups is 2. The van der Waals surface area contributed by atoms with E-state index in [2.05, 4.69) is 10.3 Å². The number of aryl methyl sites for hydroxylation is 2. The Labute approximate surface area is 199 Å². The summed E-state index contributed by atoms with van der Waals surface area (Å²) in [5, 5.41) is 3.15. The van der Waals surface area contributed by atoms with Crippen molar-refractivity contribution < 1.29 is 9.59 Å².